The lowest BCUT2D eigenvalue weighted by Crippen LogP contribution is -2.36. The molecule has 0 N–H and O–H groups in total. The van der Waals surface area contributed by atoms with Gasteiger partial charge >= 0.3 is 0 Å². The number of halogens is 1. The number of rotatable bonds is 6. The zero-order chi connectivity index (χ0) is 14.4. The number of hydrogen-bond acceptors (Lipinski definition) is 2. The van der Waals surface area contributed by atoms with Crippen molar-refractivity contribution in [2.45, 2.75) is 25.3 Å². The Labute approximate surface area is 124 Å². The van der Waals surface area contributed by atoms with E-state index in [1.165, 1.54) is 5.56 Å². The molecule has 1 heterocycles. The van der Waals surface area contributed by atoms with E-state index in [1.54, 1.807) is 18.1 Å². The zero-order valence-electron chi connectivity index (χ0n) is 11.5. The first-order valence-corrected chi connectivity index (χ1v) is 7.09. The van der Waals surface area contributed by atoms with Crippen LogP contribution in [0.25, 0.3) is 0 Å². The fraction of sp³-hybridized carbons (Fsp3) is 0.312. The number of hydrogen-bond donors (Lipinski definition) is 0. The van der Waals surface area contributed by atoms with Gasteiger partial charge in [-0.05, 0) is 31.0 Å². The average molecular weight is 292 g/mol. The zero-order valence-corrected chi connectivity index (χ0v) is 12.2. The highest BCUT2D eigenvalue weighted by Crippen LogP contribution is 2.11. The first-order chi connectivity index (χ1) is 9.66. The average Bonchev–Trinajstić information content (AvgIpc) is 2.96. The van der Waals surface area contributed by atoms with Crippen LogP contribution < -0.4 is 0 Å². The van der Waals surface area contributed by atoms with E-state index >= 15 is 0 Å². The molecule has 1 aromatic carbocycles. The molecule has 2 rings (SSSR count). The predicted octanol–water partition coefficient (Wildman–Crippen LogP) is 3.48. The van der Waals surface area contributed by atoms with Crippen molar-refractivity contribution in [3.63, 3.8) is 0 Å². The molecule has 0 saturated carbocycles. The molecule has 3 nitrogen and oxygen atoms in total. The highest BCUT2D eigenvalue weighted by Gasteiger charge is 2.19. The summed E-state index contributed by atoms with van der Waals surface area (Å²) in [5.74, 6) is 0.697. The molecule has 0 spiro atoms. The van der Waals surface area contributed by atoms with Crippen LogP contribution in [0.3, 0.4) is 0 Å². The van der Waals surface area contributed by atoms with Gasteiger partial charge in [0, 0.05) is 6.54 Å². The van der Waals surface area contributed by atoms with E-state index in [0.29, 0.717) is 13.1 Å². The second-order valence-electron chi connectivity index (χ2n) is 4.69. The minimum Gasteiger partial charge on any atom is -0.467 e. The van der Waals surface area contributed by atoms with Crippen LogP contribution in [0.5, 0.6) is 0 Å². The molecule has 0 radical (unpaired) electrons. The molecule has 0 unspecified atom stereocenters. The minimum absolute atomic E-state index is 0.0704. The van der Waals surface area contributed by atoms with Gasteiger partial charge in [0.15, 0.2) is 0 Å². The summed E-state index contributed by atoms with van der Waals surface area (Å²) in [5.41, 5.74) is 1.20. The van der Waals surface area contributed by atoms with Gasteiger partial charge in [-0.2, -0.15) is 0 Å². The maximum atomic E-state index is 12.1. The number of nitrogens with zero attached hydrogens (tertiary/aromatic N) is 1. The maximum Gasteiger partial charge on any atom is 0.240 e. The van der Waals surface area contributed by atoms with E-state index in [4.69, 9.17) is 16.0 Å². The van der Waals surface area contributed by atoms with Gasteiger partial charge in [0.25, 0.3) is 0 Å². The second kappa shape index (κ2) is 7.15. The van der Waals surface area contributed by atoms with Crippen molar-refractivity contribution in [2.24, 2.45) is 0 Å². The highest BCUT2D eigenvalue weighted by atomic mass is 35.5. The summed E-state index contributed by atoms with van der Waals surface area (Å²) in [6.45, 7) is 2.78. The number of furan rings is 1. The molecule has 0 aliphatic carbocycles. The van der Waals surface area contributed by atoms with Crippen molar-refractivity contribution < 1.29 is 9.21 Å². The van der Waals surface area contributed by atoms with Gasteiger partial charge in [0.1, 0.15) is 11.1 Å². The molecule has 20 heavy (non-hydrogen) atoms. The summed E-state index contributed by atoms with van der Waals surface area (Å²) in [7, 11) is 0. The standard InChI is InChI=1S/C16H18ClNO2/c1-13(17)16(19)18(12-15-8-5-11-20-15)10-9-14-6-3-2-4-7-14/h2-8,11,13H,9-10,12H2,1H3/t13-/m0/s1. The second-order valence-corrected chi connectivity index (χ2v) is 5.35. The summed E-state index contributed by atoms with van der Waals surface area (Å²) >= 11 is 5.92. The first kappa shape index (κ1) is 14.7. The molecule has 0 aliphatic heterocycles. The minimum atomic E-state index is -0.527. The lowest BCUT2D eigenvalue weighted by Gasteiger charge is -2.23. The summed E-state index contributed by atoms with van der Waals surface area (Å²) in [5, 5.41) is -0.527. The Hall–Kier alpha value is -1.74. The molecule has 1 amide bonds. The van der Waals surface area contributed by atoms with E-state index in [0.717, 1.165) is 12.2 Å². The van der Waals surface area contributed by atoms with Gasteiger partial charge < -0.3 is 9.32 Å². The van der Waals surface area contributed by atoms with Crippen molar-refractivity contribution in [2.75, 3.05) is 6.54 Å². The van der Waals surface area contributed by atoms with E-state index in [-0.39, 0.29) is 5.91 Å². The van der Waals surface area contributed by atoms with Crippen LogP contribution in [0.15, 0.2) is 53.1 Å². The Morgan fingerprint density at radius 3 is 2.60 bits per heavy atom. The van der Waals surface area contributed by atoms with E-state index in [2.05, 4.69) is 12.1 Å². The number of carbonyl (C=O) groups excluding carboxylic acids is 1. The van der Waals surface area contributed by atoms with Crippen LogP contribution in [0, 0.1) is 0 Å². The summed E-state index contributed by atoms with van der Waals surface area (Å²) < 4.78 is 5.31. The Balaban J connectivity index is 2.01. The van der Waals surface area contributed by atoms with Gasteiger partial charge in [0.05, 0.1) is 12.8 Å². The monoisotopic (exact) mass is 291 g/mol. The van der Waals surface area contributed by atoms with Crippen molar-refractivity contribution in [3.8, 4) is 0 Å². The molecule has 106 valence electrons. The number of carbonyl (C=O) groups is 1. The molecule has 4 heteroatoms. The molecule has 2 aromatic rings. The summed E-state index contributed by atoms with van der Waals surface area (Å²) in [6.07, 6.45) is 2.41. The molecule has 0 bridgehead atoms. The van der Waals surface area contributed by atoms with Crippen LogP contribution in [0.2, 0.25) is 0 Å². The van der Waals surface area contributed by atoms with Crippen molar-refractivity contribution in [1.29, 1.82) is 0 Å². The third-order valence-corrected chi connectivity index (χ3v) is 3.28. The van der Waals surface area contributed by atoms with Crippen molar-refractivity contribution in [3.05, 3.63) is 60.1 Å². The SMILES string of the molecule is C[C@H](Cl)C(=O)N(CCc1ccccc1)Cc1ccco1. The van der Waals surface area contributed by atoms with E-state index in [9.17, 15) is 4.79 Å². The van der Waals surface area contributed by atoms with Crippen LogP contribution in [-0.4, -0.2) is 22.7 Å². The van der Waals surface area contributed by atoms with Gasteiger partial charge in [-0.15, -0.1) is 11.6 Å². The van der Waals surface area contributed by atoms with Gasteiger partial charge in [-0.1, -0.05) is 30.3 Å². The number of amides is 1. The predicted molar refractivity (Wildman–Crippen MR) is 79.6 cm³/mol. The maximum absolute atomic E-state index is 12.1. The topological polar surface area (TPSA) is 33.5 Å². The molecular weight excluding hydrogens is 274 g/mol. The number of alkyl halides is 1. The van der Waals surface area contributed by atoms with Crippen molar-refractivity contribution in [1.82, 2.24) is 4.90 Å². The lowest BCUT2D eigenvalue weighted by atomic mass is 10.1. The van der Waals surface area contributed by atoms with Crippen LogP contribution in [0.4, 0.5) is 0 Å². The smallest absolute Gasteiger partial charge is 0.240 e. The molecule has 1 aromatic heterocycles. The molecule has 0 fully saturated rings. The fourth-order valence-corrected chi connectivity index (χ4v) is 2.16. The normalized spacial score (nSPS) is 12.1. The summed E-state index contributed by atoms with van der Waals surface area (Å²) in [4.78, 5) is 13.9. The quantitative estimate of drug-likeness (QED) is 0.764. The van der Waals surface area contributed by atoms with E-state index in [1.807, 2.05) is 30.3 Å². The fourth-order valence-electron chi connectivity index (χ4n) is 2.02. The third kappa shape index (κ3) is 4.14. The van der Waals surface area contributed by atoms with E-state index < -0.39 is 5.38 Å². The molecule has 1 atom stereocenters. The van der Waals surface area contributed by atoms with Crippen LogP contribution in [-0.2, 0) is 17.8 Å². The largest absolute Gasteiger partial charge is 0.467 e. The lowest BCUT2D eigenvalue weighted by molar-refractivity contribution is -0.131. The highest BCUT2D eigenvalue weighted by molar-refractivity contribution is 6.30. The van der Waals surface area contributed by atoms with Crippen molar-refractivity contribution >= 4 is 17.5 Å². The molecule has 0 saturated heterocycles. The van der Waals surface area contributed by atoms with Gasteiger partial charge in [-0.3, -0.25) is 4.79 Å². The van der Waals surface area contributed by atoms with Crippen LogP contribution >= 0.6 is 11.6 Å². The Morgan fingerprint density at radius 1 is 1.25 bits per heavy atom. The molecule has 0 aliphatic rings. The van der Waals surface area contributed by atoms with Crippen LogP contribution in [0.1, 0.15) is 18.2 Å². The van der Waals surface area contributed by atoms with Gasteiger partial charge in [0.2, 0.25) is 5.91 Å². The molecular formula is C16H18ClNO2. The first-order valence-electron chi connectivity index (χ1n) is 6.66. The Kier molecular flexibility index (Phi) is 5.24. The van der Waals surface area contributed by atoms with Gasteiger partial charge in [-0.25, -0.2) is 0 Å². The Bertz CT molecular complexity index is 523. The third-order valence-electron chi connectivity index (χ3n) is 3.09. The Morgan fingerprint density at radius 2 is 2.00 bits per heavy atom. The summed E-state index contributed by atoms with van der Waals surface area (Å²) in [6, 6.07) is 13.8. The number of benzene rings is 1.